The van der Waals surface area contributed by atoms with Crippen LogP contribution in [0.1, 0.15) is 20.8 Å². The van der Waals surface area contributed by atoms with Crippen molar-refractivity contribution in [3.05, 3.63) is 81.3 Å². The zero-order valence-corrected chi connectivity index (χ0v) is 15.9. The van der Waals surface area contributed by atoms with Gasteiger partial charge < -0.3 is 10.6 Å². The Morgan fingerprint density at radius 1 is 1.11 bits per heavy atom. The molecule has 1 aromatic heterocycles. The number of thiazole rings is 1. The molecule has 0 unspecified atom stereocenters. The average molecular weight is 422 g/mol. The number of carbonyl (C=O) groups excluding carboxylic acids is 2. The number of nitrogens with zero attached hydrogens (tertiary/aromatic N) is 1. The molecule has 2 N–H and O–H groups in total. The predicted octanol–water partition coefficient (Wildman–Crippen LogP) is 4.03. The quantitative estimate of drug-likeness (QED) is 0.631. The summed E-state index contributed by atoms with van der Waals surface area (Å²) in [6.07, 6.45) is 2.30. The molecular formula is C19H14ClF2N3O2S. The van der Waals surface area contributed by atoms with Gasteiger partial charge in [-0.2, -0.15) is 0 Å². The number of hydrogen-bond acceptors (Lipinski definition) is 4. The van der Waals surface area contributed by atoms with Crippen LogP contribution in [-0.2, 0) is 11.2 Å². The molecule has 144 valence electrons. The highest BCUT2D eigenvalue weighted by Crippen LogP contribution is 2.22. The van der Waals surface area contributed by atoms with Gasteiger partial charge in [0, 0.05) is 28.6 Å². The molecule has 0 atom stereocenters. The topological polar surface area (TPSA) is 71.1 Å². The van der Waals surface area contributed by atoms with Gasteiger partial charge in [-0.1, -0.05) is 23.7 Å². The Bertz CT molecular complexity index is 1010. The maximum absolute atomic E-state index is 13.6. The lowest BCUT2D eigenvalue weighted by molar-refractivity contribution is -0.115. The van der Waals surface area contributed by atoms with E-state index in [0.717, 1.165) is 22.6 Å². The number of hydrogen-bond donors (Lipinski definition) is 2. The summed E-state index contributed by atoms with van der Waals surface area (Å²) in [5, 5.41) is 5.89. The number of nitrogens with one attached hydrogen (secondary N) is 2. The zero-order valence-electron chi connectivity index (χ0n) is 14.3. The molecule has 5 nitrogen and oxygen atoms in total. The first-order valence-electron chi connectivity index (χ1n) is 8.13. The summed E-state index contributed by atoms with van der Waals surface area (Å²) in [5.41, 5.74) is 0.716. The van der Waals surface area contributed by atoms with Gasteiger partial charge in [0.2, 0.25) is 5.91 Å². The van der Waals surface area contributed by atoms with Gasteiger partial charge in [0.1, 0.15) is 11.6 Å². The summed E-state index contributed by atoms with van der Waals surface area (Å²) < 4.78 is 26.4. The summed E-state index contributed by atoms with van der Waals surface area (Å²) in [7, 11) is 0. The predicted molar refractivity (Wildman–Crippen MR) is 104 cm³/mol. The smallest absolute Gasteiger partial charge is 0.254 e. The van der Waals surface area contributed by atoms with Gasteiger partial charge in [-0.25, -0.2) is 13.8 Å². The monoisotopic (exact) mass is 421 g/mol. The second-order valence-electron chi connectivity index (χ2n) is 5.79. The van der Waals surface area contributed by atoms with E-state index < -0.39 is 23.4 Å². The van der Waals surface area contributed by atoms with Crippen LogP contribution in [0.4, 0.5) is 13.9 Å². The van der Waals surface area contributed by atoms with Crippen LogP contribution >= 0.6 is 22.9 Å². The second kappa shape index (κ2) is 8.90. The molecule has 3 rings (SSSR count). The Balaban J connectivity index is 1.51. The Hall–Kier alpha value is -2.84. The number of halogens is 3. The Morgan fingerprint density at radius 2 is 1.86 bits per heavy atom. The molecule has 0 fully saturated rings. The summed E-state index contributed by atoms with van der Waals surface area (Å²) in [4.78, 5) is 28.9. The number of carbonyl (C=O) groups is 2. The molecule has 0 aliphatic carbocycles. The van der Waals surface area contributed by atoms with Crippen LogP contribution in [0.3, 0.4) is 0 Å². The molecule has 28 heavy (non-hydrogen) atoms. The molecule has 0 saturated carbocycles. The molecule has 2 aromatic carbocycles. The Labute approximate surface area is 168 Å². The van der Waals surface area contributed by atoms with Crippen molar-refractivity contribution in [2.24, 2.45) is 0 Å². The first kappa shape index (κ1) is 19.9. The fraction of sp³-hybridized carbons (Fsp3) is 0.105. The average Bonchev–Trinajstić information content (AvgIpc) is 3.08. The standard InChI is InChI=1S/C19H14ClF2N3O2S/c20-12-3-1-11(2-4-12)7-14-9-24-19(28-14)25-17(26)10-23-18(27)15-6-5-13(21)8-16(15)22/h1-6,8-9H,7,10H2,(H,23,27)(H,24,25,26). The second-order valence-corrected chi connectivity index (χ2v) is 7.34. The van der Waals surface area contributed by atoms with Crippen molar-refractivity contribution in [1.29, 1.82) is 0 Å². The van der Waals surface area contributed by atoms with E-state index in [2.05, 4.69) is 15.6 Å². The van der Waals surface area contributed by atoms with Crippen LogP contribution in [0, 0.1) is 11.6 Å². The number of amides is 2. The molecule has 9 heteroatoms. The Morgan fingerprint density at radius 3 is 2.57 bits per heavy atom. The van der Waals surface area contributed by atoms with Crippen molar-refractivity contribution < 1.29 is 18.4 Å². The zero-order chi connectivity index (χ0) is 20.1. The third-order valence-corrected chi connectivity index (χ3v) is 4.84. The first-order chi connectivity index (χ1) is 13.4. The molecule has 0 radical (unpaired) electrons. The van der Waals surface area contributed by atoms with Gasteiger partial charge in [-0.3, -0.25) is 9.59 Å². The maximum atomic E-state index is 13.6. The lowest BCUT2D eigenvalue weighted by atomic mass is 10.1. The van der Waals surface area contributed by atoms with Gasteiger partial charge in [0.15, 0.2) is 5.13 Å². The molecule has 0 aliphatic rings. The summed E-state index contributed by atoms with van der Waals surface area (Å²) >= 11 is 7.16. The molecule has 0 aliphatic heterocycles. The van der Waals surface area contributed by atoms with Crippen molar-refractivity contribution >= 4 is 39.9 Å². The summed E-state index contributed by atoms with van der Waals surface area (Å²) in [6.45, 7) is -0.373. The van der Waals surface area contributed by atoms with Crippen LogP contribution in [0.25, 0.3) is 0 Å². The first-order valence-corrected chi connectivity index (χ1v) is 9.32. The number of rotatable bonds is 6. The maximum Gasteiger partial charge on any atom is 0.254 e. The summed E-state index contributed by atoms with van der Waals surface area (Å²) in [5.74, 6) is -3.10. The lowest BCUT2D eigenvalue weighted by Crippen LogP contribution is -2.33. The Kier molecular flexibility index (Phi) is 6.33. The van der Waals surface area contributed by atoms with Crippen LogP contribution in [0.5, 0.6) is 0 Å². The molecule has 1 heterocycles. The molecular weight excluding hydrogens is 408 g/mol. The molecule has 0 saturated heterocycles. The number of anilines is 1. The molecule has 2 amide bonds. The number of benzene rings is 2. The van der Waals surface area contributed by atoms with E-state index in [-0.39, 0.29) is 12.1 Å². The van der Waals surface area contributed by atoms with Crippen LogP contribution in [-0.4, -0.2) is 23.3 Å². The van der Waals surface area contributed by atoms with E-state index in [9.17, 15) is 18.4 Å². The van der Waals surface area contributed by atoms with E-state index >= 15 is 0 Å². The van der Waals surface area contributed by atoms with Crippen LogP contribution in [0.15, 0.2) is 48.7 Å². The highest BCUT2D eigenvalue weighted by atomic mass is 35.5. The van der Waals surface area contributed by atoms with Crippen molar-refractivity contribution in [3.63, 3.8) is 0 Å². The van der Waals surface area contributed by atoms with Crippen molar-refractivity contribution in [2.75, 3.05) is 11.9 Å². The van der Waals surface area contributed by atoms with E-state index in [1.165, 1.54) is 11.3 Å². The fourth-order valence-electron chi connectivity index (χ4n) is 2.34. The van der Waals surface area contributed by atoms with E-state index in [4.69, 9.17) is 11.6 Å². The minimum atomic E-state index is -0.996. The SMILES string of the molecule is O=C(CNC(=O)c1ccc(F)cc1F)Nc1ncc(Cc2ccc(Cl)cc2)s1. The van der Waals surface area contributed by atoms with Gasteiger partial charge >= 0.3 is 0 Å². The normalized spacial score (nSPS) is 10.5. The molecule has 0 spiro atoms. The van der Waals surface area contributed by atoms with E-state index in [1.807, 2.05) is 12.1 Å². The van der Waals surface area contributed by atoms with Gasteiger partial charge in [-0.05, 0) is 29.8 Å². The minimum Gasteiger partial charge on any atom is -0.343 e. The van der Waals surface area contributed by atoms with E-state index in [1.54, 1.807) is 18.3 Å². The lowest BCUT2D eigenvalue weighted by Gasteiger charge is -2.06. The van der Waals surface area contributed by atoms with Crippen molar-refractivity contribution in [2.45, 2.75) is 6.42 Å². The van der Waals surface area contributed by atoms with Crippen LogP contribution in [0.2, 0.25) is 5.02 Å². The van der Waals surface area contributed by atoms with Crippen molar-refractivity contribution in [1.82, 2.24) is 10.3 Å². The van der Waals surface area contributed by atoms with Gasteiger partial charge in [0.05, 0.1) is 12.1 Å². The van der Waals surface area contributed by atoms with E-state index in [0.29, 0.717) is 22.6 Å². The summed E-state index contributed by atoms with van der Waals surface area (Å²) in [6, 6.07) is 10.00. The highest BCUT2D eigenvalue weighted by Gasteiger charge is 2.14. The van der Waals surface area contributed by atoms with Gasteiger partial charge in [-0.15, -0.1) is 11.3 Å². The van der Waals surface area contributed by atoms with Crippen LogP contribution < -0.4 is 10.6 Å². The molecule has 0 bridgehead atoms. The third kappa shape index (κ3) is 5.34. The number of aromatic nitrogens is 1. The van der Waals surface area contributed by atoms with Crippen molar-refractivity contribution in [3.8, 4) is 0 Å². The fourth-order valence-corrected chi connectivity index (χ4v) is 3.33. The third-order valence-electron chi connectivity index (χ3n) is 3.68. The molecule has 3 aromatic rings. The van der Waals surface area contributed by atoms with Gasteiger partial charge in [0.25, 0.3) is 5.91 Å². The minimum absolute atomic E-state index is 0.339. The largest absolute Gasteiger partial charge is 0.343 e. The highest BCUT2D eigenvalue weighted by molar-refractivity contribution is 7.15.